The Morgan fingerprint density at radius 3 is 3.00 bits per heavy atom. The maximum absolute atomic E-state index is 5.50. The Morgan fingerprint density at radius 1 is 1.64 bits per heavy atom. The van der Waals surface area contributed by atoms with Crippen molar-refractivity contribution in [3.8, 4) is 12.3 Å². The highest BCUT2D eigenvalue weighted by Crippen LogP contribution is 2.25. The Labute approximate surface area is 92.4 Å². The number of hydrogen-bond donors (Lipinski definition) is 1. The highest BCUT2D eigenvalue weighted by Gasteiger charge is 2.23. The Bertz CT molecular complexity index is 197. The second-order valence-electron chi connectivity index (χ2n) is 4.00. The standard InChI is InChI=1S/C12H21NS/c1-4-7-11(5-2)13-12-8-6-9-14-10(12)3/h2,10-13H,4,6-9H2,1,3H3. The predicted octanol–water partition coefficient (Wildman–Crippen LogP) is 2.66. The first-order valence-corrected chi connectivity index (χ1v) is 6.66. The molecular formula is C12H21NS. The van der Waals surface area contributed by atoms with E-state index in [-0.39, 0.29) is 6.04 Å². The molecule has 0 aromatic carbocycles. The lowest BCUT2D eigenvalue weighted by Crippen LogP contribution is -2.44. The van der Waals surface area contributed by atoms with Crippen LogP contribution in [0.4, 0.5) is 0 Å². The molecule has 0 aliphatic carbocycles. The fraction of sp³-hybridized carbons (Fsp3) is 0.833. The highest BCUT2D eigenvalue weighted by atomic mass is 32.2. The number of terminal acetylenes is 1. The van der Waals surface area contributed by atoms with Gasteiger partial charge in [0.2, 0.25) is 0 Å². The van der Waals surface area contributed by atoms with E-state index in [9.17, 15) is 0 Å². The Hall–Kier alpha value is -0.130. The fourth-order valence-corrected chi connectivity index (χ4v) is 3.06. The molecule has 3 atom stereocenters. The number of nitrogens with one attached hydrogen (secondary N) is 1. The Balaban J connectivity index is 2.36. The van der Waals surface area contributed by atoms with E-state index in [4.69, 9.17) is 6.42 Å². The van der Waals surface area contributed by atoms with Crippen LogP contribution in [-0.4, -0.2) is 23.1 Å². The van der Waals surface area contributed by atoms with Crippen LogP contribution >= 0.6 is 11.8 Å². The van der Waals surface area contributed by atoms with Crippen LogP contribution < -0.4 is 5.32 Å². The van der Waals surface area contributed by atoms with Crippen molar-refractivity contribution in [2.75, 3.05) is 5.75 Å². The maximum atomic E-state index is 5.50. The van der Waals surface area contributed by atoms with E-state index in [1.807, 2.05) is 0 Å². The molecule has 1 saturated heterocycles. The van der Waals surface area contributed by atoms with Gasteiger partial charge in [-0.15, -0.1) is 6.42 Å². The number of hydrogen-bond acceptors (Lipinski definition) is 2. The molecule has 1 heterocycles. The molecule has 80 valence electrons. The summed E-state index contributed by atoms with van der Waals surface area (Å²) in [7, 11) is 0. The molecule has 0 aromatic heterocycles. The van der Waals surface area contributed by atoms with Crippen molar-refractivity contribution >= 4 is 11.8 Å². The number of thioether (sulfide) groups is 1. The second kappa shape index (κ2) is 6.37. The fourth-order valence-electron chi connectivity index (χ4n) is 1.90. The molecule has 0 aromatic rings. The third-order valence-electron chi connectivity index (χ3n) is 2.80. The van der Waals surface area contributed by atoms with Gasteiger partial charge in [0.25, 0.3) is 0 Å². The second-order valence-corrected chi connectivity index (χ2v) is 5.48. The van der Waals surface area contributed by atoms with Gasteiger partial charge in [-0.3, -0.25) is 5.32 Å². The van der Waals surface area contributed by atoms with Crippen LogP contribution in [0, 0.1) is 12.3 Å². The normalized spacial score (nSPS) is 29.5. The van der Waals surface area contributed by atoms with Crippen LogP contribution in [0.5, 0.6) is 0 Å². The van der Waals surface area contributed by atoms with Crippen LogP contribution in [0.3, 0.4) is 0 Å². The summed E-state index contributed by atoms with van der Waals surface area (Å²) < 4.78 is 0. The molecule has 0 amide bonds. The first kappa shape index (κ1) is 11.9. The molecule has 1 nitrogen and oxygen atoms in total. The zero-order chi connectivity index (χ0) is 10.4. The highest BCUT2D eigenvalue weighted by molar-refractivity contribution is 7.99. The molecule has 1 aliphatic rings. The summed E-state index contributed by atoms with van der Waals surface area (Å²) in [6.07, 6.45) is 10.4. The largest absolute Gasteiger partial charge is 0.300 e. The van der Waals surface area contributed by atoms with Gasteiger partial charge in [-0.05, 0) is 25.0 Å². The van der Waals surface area contributed by atoms with Gasteiger partial charge in [-0.25, -0.2) is 0 Å². The Morgan fingerprint density at radius 2 is 2.43 bits per heavy atom. The minimum absolute atomic E-state index is 0.283. The van der Waals surface area contributed by atoms with E-state index in [0.717, 1.165) is 18.1 Å². The first-order chi connectivity index (χ1) is 6.77. The average Bonchev–Trinajstić information content (AvgIpc) is 2.20. The van der Waals surface area contributed by atoms with Crippen LogP contribution in [-0.2, 0) is 0 Å². The van der Waals surface area contributed by atoms with E-state index in [1.165, 1.54) is 18.6 Å². The molecule has 1 fully saturated rings. The van der Waals surface area contributed by atoms with Crippen LogP contribution in [0.25, 0.3) is 0 Å². The zero-order valence-corrected chi connectivity index (χ0v) is 10.1. The molecule has 1 rings (SSSR count). The summed E-state index contributed by atoms with van der Waals surface area (Å²) in [4.78, 5) is 0. The monoisotopic (exact) mass is 211 g/mol. The Kier molecular flexibility index (Phi) is 5.44. The lowest BCUT2D eigenvalue weighted by Gasteiger charge is -2.31. The summed E-state index contributed by atoms with van der Waals surface area (Å²) in [6, 6.07) is 0.910. The van der Waals surface area contributed by atoms with Crippen LogP contribution in [0.1, 0.15) is 39.5 Å². The minimum atomic E-state index is 0.283. The molecule has 0 spiro atoms. The SMILES string of the molecule is C#CC(CCC)NC1CCCSC1C. The predicted molar refractivity (Wildman–Crippen MR) is 65.6 cm³/mol. The third-order valence-corrected chi connectivity index (χ3v) is 4.18. The van der Waals surface area contributed by atoms with E-state index in [2.05, 4.69) is 36.8 Å². The van der Waals surface area contributed by atoms with Crippen molar-refractivity contribution in [2.45, 2.75) is 56.9 Å². The summed E-state index contributed by atoms with van der Waals surface area (Å²) >= 11 is 2.07. The maximum Gasteiger partial charge on any atom is 0.0689 e. The molecule has 0 saturated carbocycles. The van der Waals surface area contributed by atoms with E-state index >= 15 is 0 Å². The van der Waals surface area contributed by atoms with Gasteiger partial charge in [0.15, 0.2) is 0 Å². The lowest BCUT2D eigenvalue weighted by molar-refractivity contribution is 0.422. The van der Waals surface area contributed by atoms with E-state index < -0.39 is 0 Å². The quantitative estimate of drug-likeness (QED) is 0.718. The topological polar surface area (TPSA) is 12.0 Å². The lowest BCUT2D eigenvalue weighted by atomic mass is 10.1. The van der Waals surface area contributed by atoms with Crippen molar-refractivity contribution in [1.82, 2.24) is 5.32 Å². The smallest absolute Gasteiger partial charge is 0.0689 e. The van der Waals surface area contributed by atoms with Gasteiger partial charge in [-0.1, -0.05) is 26.2 Å². The molecule has 3 unspecified atom stereocenters. The molecule has 14 heavy (non-hydrogen) atoms. The van der Waals surface area contributed by atoms with Crippen LogP contribution in [0.15, 0.2) is 0 Å². The van der Waals surface area contributed by atoms with Gasteiger partial charge in [0, 0.05) is 11.3 Å². The van der Waals surface area contributed by atoms with Gasteiger partial charge in [0.05, 0.1) is 6.04 Å². The average molecular weight is 211 g/mol. The number of rotatable bonds is 4. The molecular weight excluding hydrogens is 190 g/mol. The van der Waals surface area contributed by atoms with Gasteiger partial charge < -0.3 is 0 Å². The first-order valence-electron chi connectivity index (χ1n) is 5.61. The van der Waals surface area contributed by atoms with Gasteiger partial charge >= 0.3 is 0 Å². The summed E-state index contributed by atoms with van der Waals surface area (Å²) in [6.45, 7) is 4.49. The van der Waals surface area contributed by atoms with Gasteiger partial charge in [-0.2, -0.15) is 11.8 Å². The van der Waals surface area contributed by atoms with Crippen molar-refractivity contribution in [2.24, 2.45) is 0 Å². The summed E-state index contributed by atoms with van der Waals surface area (Å²) in [5.41, 5.74) is 0. The molecule has 1 aliphatic heterocycles. The molecule has 0 radical (unpaired) electrons. The van der Waals surface area contributed by atoms with Crippen molar-refractivity contribution in [3.63, 3.8) is 0 Å². The third kappa shape index (κ3) is 3.55. The van der Waals surface area contributed by atoms with Crippen molar-refractivity contribution < 1.29 is 0 Å². The van der Waals surface area contributed by atoms with Crippen molar-refractivity contribution in [1.29, 1.82) is 0 Å². The van der Waals surface area contributed by atoms with Gasteiger partial charge in [0.1, 0.15) is 0 Å². The molecule has 1 N–H and O–H groups in total. The van der Waals surface area contributed by atoms with E-state index in [0.29, 0.717) is 6.04 Å². The summed E-state index contributed by atoms with van der Waals surface area (Å²) in [5.74, 6) is 4.16. The zero-order valence-electron chi connectivity index (χ0n) is 9.25. The van der Waals surface area contributed by atoms with Crippen molar-refractivity contribution in [3.05, 3.63) is 0 Å². The molecule has 2 heteroatoms. The van der Waals surface area contributed by atoms with E-state index in [1.54, 1.807) is 0 Å². The van der Waals surface area contributed by atoms with Crippen LogP contribution in [0.2, 0.25) is 0 Å². The molecule has 0 bridgehead atoms. The summed E-state index contributed by atoms with van der Waals surface area (Å²) in [5, 5.41) is 4.32. The minimum Gasteiger partial charge on any atom is -0.300 e.